The van der Waals surface area contributed by atoms with Gasteiger partial charge in [-0.15, -0.1) is 0 Å². The van der Waals surface area contributed by atoms with Crippen LogP contribution in [-0.2, 0) is 6.18 Å². The molecule has 1 heterocycles. The quantitative estimate of drug-likeness (QED) is 0.623. The maximum absolute atomic E-state index is 13.0. The van der Waals surface area contributed by atoms with E-state index in [1.807, 2.05) is 0 Å². The van der Waals surface area contributed by atoms with Crippen LogP contribution in [0.4, 0.5) is 23.2 Å². The molecule has 0 bridgehead atoms. The summed E-state index contributed by atoms with van der Waals surface area (Å²) in [5.74, 6) is -1.60. The van der Waals surface area contributed by atoms with Crippen LogP contribution in [0.2, 0.25) is 10.2 Å². The molecule has 0 saturated heterocycles. The molecule has 116 valence electrons. The molecular weight excluding hydrogens is 347 g/mol. The summed E-state index contributed by atoms with van der Waals surface area (Å²) in [5, 5.41) is 1.45. The molecule has 1 aromatic carbocycles. The van der Waals surface area contributed by atoms with Gasteiger partial charge >= 0.3 is 6.18 Å². The highest BCUT2D eigenvalue weighted by atomic mass is 35.5. The smallest absolute Gasteiger partial charge is 0.322 e. The van der Waals surface area contributed by atoms with Crippen LogP contribution in [0.3, 0.4) is 0 Å². The monoisotopic (exact) mass is 352 g/mol. The van der Waals surface area contributed by atoms with Crippen molar-refractivity contribution < 1.29 is 22.4 Å². The summed E-state index contributed by atoms with van der Waals surface area (Å²) in [6, 6.07) is 3.54. The van der Waals surface area contributed by atoms with Gasteiger partial charge in [-0.3, -0.25) is 4.79 Å². The van der Waals surface area contributed by atoms with E-state index < -0.39 is 28.5 Å². The molecule has 2 aromatic rings. The Hall–Kier alpha value is -1.86. The van der Waals surface area contributed by atoms with E-state index >= 15 is 0 Å². The van der Waals surface area contributed by atoms with Crippen molar-refractivity contribution in [2.45, 2.75) is 6.18 Å². The van der Waals surface area contributed by atoms with Crippen molar-refractivity contribution in [3.8, 4) is 0 Å². The van der Waals surface area contributed by atoms with Crippen molar-refractivity contribution in [3.63, 3.8) is 0 Å². The van der Waals surface area contributed by atoms with Crippen LogP contribution < -0.4 is 5.32 Å². The van der Waals surface area contributed by atoms with Crippen molar-refractivity contribution in [1.29, 1.82) is 0 Å². The van der Waals surface area contributed by atoms with Crippen LogP contribution in [0.25, 0.3) is 0 Å². The highest BCUT2D eigenvalue weighted by molar-refractivity contribution is 6.33. The standard InChI is InChI=1S/C13H6Cl2F4N2O/c14-10-4-7(1-2-9(10)13(17,18)19)21-12(22)8-3-6(16)5-20-11(8)15/h1-5H,(H,21,22). The molecule has 0 fully saturated rings. The molecule has 2 rings (SSSR count). The molecule has 22 heavy (non-hydrogen) atoms. The normalized spacial score (nSPS) is 11.4. The Labute approximate surface area is 131 Å². The van der Waals surface area contributed by atoms with Gasteiger partial charge in [0.15, 0.2) is 0 Å². The number of aromatic nitrogens is 1. The third kappa shape index (κ3) is 3.66. The van der Waals surface area contributed by atoms with Crippen LogP contribution in [0, 0.1) is 5.82 Å². The summed E-state index contributed by atoms with van der Waals surface area (Å²) in [6.07, 6.45) is -3.77. The van der Waals surface area contributed by atoms with E-state index in [-0.39, 0.29) is 16.4 Å². The number of benzene rings is 1. The minimum absolute atomic E-state index is 0.00308. The average Bonchev–Trinajstić information content (AvgIpc) is 2.40. The highest BCUT2D eigenvalue weighted by Crippen LogP contribution is 2.35. The molecule has 0 spiro atoms. The van der Waals surface area contributed by atoms with Crippen LogP contribution in [0.1, 0.15) is 15.9 Å². The van der Waals surface area contributed by atoms with Crippen LogP contribution >= 0.6 is 23.2 Å². The maximum atomic E-state index is 13.0. The first-order chi connectivity index (χ1) is 10.2. The number of carbonyl (C=O) groups excluding carboxylic acids is 1. The fraction of sp³-hybridized carbons (Fsp3) is 0.0769. The Morgan fingerprint density at radius 2 is 1.86 bits per heavy atom. The Balaban J connectivity index is 2.26. The van der Waals surface area contributed by atoms with Gasteiger partial charge in [-0.1, -0.05) is 23.2 Å². The van der Waals surface area contributed by atoms with Gasteiger partial charge in [0.1, 0.15) is 11.0 Å². The number of pyridine rings is 1. The maximum Gasteiger partial charge on any atom is 0.417 e. The Kier molecular flexibility index (Phi) is 4.58. The van der Waals surface area contributed by atoms with Crippen LogP contribution in [0.5, 0.6) is 0 Å². The van der Waals surface area contributed by atoms with Crippen LogP contribution in [0.15, 0.2) is 30.5 Å². The molecule has 1 aromatic heterocycles. The van der Waals surface area contributed by atoms with Gasteiger partial charge in [0.05, 0.1) is 22.3 Å². The molecule has 9 heteroatoms. The lowest BCUT2D eigenvalue weighted by Crippen LogP contribution is -2.14. The van der Waals surface area contributed by atoms with Gasteiger partial charge < -0.3 is 5.32 Å². The second-order valence-electron chi connectivity index (χ2n) is 4.14. The first-order valence-corrected chi connectivity index (χ1v) is 6.43. The highest BCUT2D eigenvalue weighted by Gasteiger charge is 2.33. The topological polar surface area (TPSA) is 42.0 Å². The van der Waals surface area contributed by atoms with Gasteiger partial charge in [-0.25, -0.2) is 9.37 Å². The molecule has 0 unspecified atom stereocenters. The van der Waals surface area contributed by atoms with E-state index in [9.17, 15) is 22.4 Å². The number of hydrogen-bond acceptors (Lipinski definition) is 2. The van der Waals surface area contributed by atoms with Gasteiger partial charge in [-0.05, 0) is 24.3 Å². The van der Waals surface area contributed by atoms with Crippen molar-refractivity contribution in [2.75, 3.05) is 5.32 Å². The molecule has 0 atom stereocenters. The van der Waals surface area contributed by atoms with E-state index in [1.165, 1.54) is 0 Å². The molecule has 0 radical (unpaired) electrons. The van der Waals surface area contributed by atoms with Gasteiger partial charge in [-0.2, -0.15) is 13.2 Å². The zero-order valence-electron chi connectivity index (χ0n) is 10.5. The number of nitrogens with one attached hydrogen (secondary N) is 1. The molecule has 0 aliphatic carbocycles. The second kappa shape index (κ2) is 6.10. The van der Waals surface area contributed by atoms with E-state index in [2.05, 4.69) is 10.3 Å². The van der Waals surface area contributed by atoms with Gasteiger partial charge in [0.25, 0.3) is 5.91 Å². The van der Waals surface area contributed by atoms with E-state index in [1.54, 1.807) is 0 Å². The largest absolute Gasteiger partial charge is 0.417 e. The minimum atomic E-state index is -4.60. The molecule has 0 saturated carbocycles. The second-order valence-corrected chi connectivity index (χ2v) is 4.90. The molecule has 1 amide bonds. The predicted molar refractivity (Wildman–Crippen MR) is 73.6 cm³/mol. The average molecular weight is 353 g/mol. The summed E-state index contributed by atoms with van der Waals surface area (Å²) >= 11 is 11.2. The fourth-order valence-electron chi connectivity index (χ4n) is 1.60. The SMILES string of the molecule is O=C(Nc1ccc(C(F)(F)F)c(Cl)c1)c1cc(F)cnc1Cl. The van der Waals surface area contributed by atoms with Crippen molar-refractivity contribution in [3.05, 3.63) is 57.6 Å². The van der Waals surface area contributed by atoms with E-state index in [4.69, 9.17) is 23.2 Å². The fourth-order valence-corrected chi connectivity index (χ4v) is 2.08. The predicted octanol–water partition coefficient (Wildman–Crippen LogP) is 4.80. The number of anilines is 1. The van der Waals surface area contributed by atoms with Crippen molar-refractivity contribution >= 4 is 34.8 Å². The summed E-state index contributed by atoms with van der Waals surface area (Å²) < 4.78 is 50.7. The lowest BCUT2D eigenvalue weighted by molar-refractivity contribution is -0.137. The van der Waals surface area contributed by atoms with Crippen molar-refractivity contribution in [2.24, 2.45) is 0 Å². The Morgan fingerprint density at radius 1 is 1.18 bits per heavy atom. The number of hydrogen-bond donors (Lipinski definition) is 1. The lowest BCUT2D eigenvalue weighted by Gasteiger charge is -2.11. The molecule has 1 N–H and O–H groups in total. The summed E-state index contributed by atoms with van der Waals surface area (Å²) in [7, 11) is 0. The number of nitrogens with zero attached hydrogens (tertiary/aromatic N) is 1. The molecule has 3 nitrogen and oxygen atoms in total. The van der Waals surface area contributed by atoms with Crippen molar-refractivity contribution in [1.82, 2.24) is 4.98 Å². The zero-order chi connectivity index (χ0) is 16.5. The zero-order valence-corrected chi connectivity index (χ0v) is 12.0. The number of carbonyl (C=O) groups is 1. The van der Waals surface area contributed by atoms with Gasteiger partial charge in [0.2, 0.25) is 0 Å². The van der Waals surface area contributed by atoms with Crippen LogP contribution in [-0.4, -0.2) is 10.9 Å². The summed E-state index contributed by atoms with van der Waals surface area (Å²) in [5.41, 5.74) is -1.28. The Morgan fingerprint density at radius 3 is 2.45 bits per heavy atom. The van der Waals surface area contributed by atoms with Gasteiger partial charge in [0, 0.05) is 5.69 Å². The first-order valence-electron chi connectivity index (χ1n) is 5.67. The summed E-state index contributed by atoms with van der Waals surface area (Å²) in [4.78, 5) is 15.4. The van der Waals surface area contributed by atoms with E-state index in [0.29, 0.717) is 0 Å². The first kappa shape index (κ1) is 16.5. The molecular formula is C13H6Cl2F4N2O. The Bertz CT molecular complexity index is 734. The number of rotatable bonds is 2. The number of amides is 1. The van der Waals surface area contributed by atoms with E-state index in [0.717, 1.165) is 30.5 Å². The number of halogens is 6. The lowest BCUT2D eigenvalue weighted by atomic mass is 10.2. The molecule has 0 aliphatic heterocycles. The number of alkyl halides is 3. The third-order valence-electron chi connectivity index (χ3n) is 2.58. The third-order valence-corrected chi connectivity index (χ3v) is 3.20. The minimum Gasteiger partial charge on any atom is -0.322 e. The summed E-state index contributed by atoms with van der Waals surface area (Å²) in [6.45, 7) is 0. The molecule has 0 aliphatic rings.